The van der Waals surface area contributed by atoms with Crippen LogP contribution in [0.1, 0.15) is 10.9 Å². The van der Waals surface area contributed by atoms with Crippen LogP contribution in [0.2, 0.25) is 0 Å². The van der Waals surface area contributed by atoms with Crippen molar-refractivity contribution in [3.05, 3.63) is 181 Å². The van der Waals surface area contributed by atoms with Gasteiger partial charge >= 0.3 is 0 Å². The molecule has 244 valence electrons. The molecule has 0 aliphatic carbocycles. The zero-order valence-electron chi connectivity index (χ0n) is 27.3. The molecule has 0 saturated heterocycles. The quantitative estimate of drug-likeness (QED) is 0.172. The molecule has 1 unspecified atom stereocenters. The fourth-order valence-electron chi connectivity index (χ4n) is 7.74. The number of nitrogens with zero attached hydrogens (tertiary/aromatic N) is 2. The fraction of sp³-hybridized carbons (Fsp3) is 0.0222. The Labute approximate surface area is 301 Å². The van der Waals surface area contributed by atoms with E-state index in [-0.39, 0.29) is 0 Å². The van der Waals surface area contributed by atoms with Gasteiger partial charge in [-0.05, 0) is 87.4 Å². The SMILES string of the molecule is O=S1(=O)c2ccccc2N(c2cc3ccccc3c3ccccc23)C1c1ccc2c(c1)Sc1ccccc1N2c1ccc(-c2ccccc2)cc1. The summed E-state index contributed by atoms with van der Waals surface area (Å²) in [7, 11) is -3.80. The second-order valence-electron chi connectivity index (χ2n) is 12.9. The van der Waals surface area contributed by atoms with Gasteiger partial charge in [0.25, 0.3) is 0 Å². The van der Waals surface area contributed by atoms with E-state index in [1.54, 1.807) is 17.8 Å². The zero-order chi connectivity index (χ0) is 34.1. The number of hydrogen-bond donors (Lipinski definition) is 0. The average Bonchev–Trinajstić information content (AvgIpc) is 3.43. The second kappa shape index (κ2) is 11.6. The first-order chi connectivity index (χ1) is 25.1. The van der Waals surface area contributed by atoms with Gasteiger partial charge in [-0.15, -0.1) is 0 Å². The maximum Gasteiger partial charge on any atom is 0.206 e. The van der Waals surface area contributed by atoms with Crippen LogP contribution in [0.5, 0.6) is 0 Å². The van der Waals surface area contributed by atoms with E-state index >= 15 is 0 Å². The minimum absolute atomic E-state index is 0.350. The number of hydrogen-bond acceptors (Lipinski definition) is 5. The molecule has 0 saturated carbocycles. The summed E-state index contributed by atoms with van der Waals surface area (Å²) in [6, 6.07) is 59.8. The Bertz CT molecular complexity index is 2760. The molecule has 2 aliphatic heterocycles. The van der Waals surface area contributed by atoms with Crippen LogP contribution >= 0.6 is 11.8 Å². The van der Waals surface area contributed by atoms with Gasteiger partial charge in [0.1, 0.15) is 0 Å². The molecule has 4 nitrogen and oxygen atoms in total. The number of fused-ring (bicyclic) bond motifs is 6. The Hall–Kier alpha value is -5.82. The molecule has 51 heavy (non-hydrogen) atoms. The maximum atomic E-state index is 14.7. The largest absolute Gasteiger partial charge is 0.318 e. The number of benzene rings is 8. The number of para-hydroxylation sites is 2. The normalized spacial score (nSPS) is 15.8. The Balaban J connectivity index is 1.14. The molecule has 1 atom stereocenters. The summed E-state index contributed by atoms with van der Waals surface area (Å²) >= 11 is 1.68. The van der Waals surface area contributed by atoms with Crippen LogP contribution in [0.25, 0.3) is 32.7 Å². The molecule has 0 aromatic heterocycles. The minimum atomic E-state index is -3.80. The molecule has 0 fully saturated rings. The molecule has 10 rings (SSSR count). The van der Waals surface area contributed by atoms with E-state index in [9.17, 15) is 8.42 Å². The highest BCUT2D eigenvalue weighted by Crippen LogP contribution is 2.56. The highest BCUT2D eigenvalue weighted by Gasteiger charge is 2.45. The van der Waals surface area contributed by atoms with Crippen LogP contribution < -0.4 is 9.80 Å². The van der Waals surface area contributed by atoms with E-state index in [0.29, 0.717) is 10.6 Å². The molecule has 8 aromatic carbocycles. The third-order valence-corrected chi connectivity index (χ3v) is 13.2. The van der Waals surface area contributed by atoms with E-state index in [2.05, 4.69) is 126 Å². The molecule has 0 amide bonds. The highest BCUT2D eigenvalue weighted by molar-refractivity contribution is 7.99. The van der Waals surface area contributed by atoms with E-state index < -0.39 is 15.2 Å². The Morgan fingerprint density at radius 2 is 1.10 bits per heavy atom. The summed E-state index contributed by atoms with van der Waals surface area (Å²) in [4.78, 5) is 6.80. The predicted octanol–water partition coefficient (Wildman–Crippen LogP) is 12.2. The van der Waals surface area contributed by atoms with Crippen molar-refractivity contribution in [3.8, 4) is 11.1 Å². The van der Waals surface area contributed by atoms with Gasteiger partial charge in [-0.3, -0.25) is 0 Å². The van der Waals surface area contributed by atoms with Crippen molar-refractivity contribution in [3.63, 3.8) is 0 Å². The Morgan fingerprint density at radius 1 is 0.471 bits per heavy atom. The van der Waals surface area contributed by atoms with E-state index in [1.165, 1.54) is 5.56 Å². The molecular weight excluding hydrogens is 665 g/mol. The van der Waals surface area contributed by atoms with Crippen molar-refractivity contribution in [1.82, 2.24) is 0 Å². The summed E-state index contributed by atoms with van der Waals surface area (Å²) in [6.45, 7) is 0. The van der Waals surface area contributed by atoms with Crippen LogP contribution in [-0.4, -0.2) is 8.42 Å². The molecule has 0 N–H and O–H groups in total. The summed E-state index contributed by atoms with van der Waals surface area (Å²) in [5, 5.41) is 3.38. The number of rotatable bonds is 4. The predicted molar refractivity (Wildman–Crippen MR) is 211 cm³/mol. The first kappa shape index (κ1) is 30.0. The van der Waals surface area contributed by atoms with Crippen LogP contribution in [0, 0.1) is 0 Å². The molecule has 8 aromatic rings. The first-order valence-corrected chi connectivity index (χ1v) is 19.3. The van der Waals surface area contributed by atoms with E-state index in [1.807, 2.05) is 53.4 Å². The molecule has 0 radical (unpaired) electrons. The molecule has 0 bridgehead atoms. The monoisotopic (exact) mass is 694 g/mol. The van der Waals surface area contributed by atoms with Gasteiger partial charge in [-0.2, -0.15) is 0 Å². The van der Waals surface area contributed by atoms with Gasteiger partial charge in [-0.25, -0.2) is 8.42 Å². The van der Waals surface area contributed by atoms with Crippen molar-refractivity contribution in [2.45, 2.75) is 20.1 Å². The lowest BCUT2D eigenvalue weighted by Gasteiger charge is -2.34. The second-order valence-corrected chi connectivity index (χ2v) is 16.0. The lowest BCUT2D eigenvalue weighted by atomic mass is 9.99. The third-order valence-electron chi connectivity index (χ3n) is 10.0. The lowest BCUT2D eigenvalue weighted by molar-refractivity contribution is 0.589. The molecule has 2 heterocycles. The Morgan fingerprint density at radius 3 is 1.92 bits per heavy atom. The number of anilines is 5. The van der Waals surface area contributed by atoms with Gasteiger partial charge in [-0.1, -0.05) is 133 Å². The summed E-state index contributed by atoms with van der Waals surface area (Å²) < 4.78 is 29.4. The van der Waals surface area contributed by atoms with Gasteiger partial charge < -0.3 is 9.80 Å². The molecule has 2 aliphatic rings. The van der Waals surface area contributed by atoms with E-state index in [4.69, 9.17) is 0 Å². The molecule has 6 heteroatoms. The Kier molecular flexibility index (Phi) is 6.85. The topological polar surface area (TPSA) is 40.6 Å². The van der Waals surface area contributed by atoms with Crippen molar-refractivity contribution in [2.24, 2.45) is 0 Å². The first-order valence-electron chi connectivity index (χ1n) is 17.0. The van der Waals surface area contributed by atoms with Crippen LogP contribution in [0.3, 0.4) is 0 Å². The van der Waals surface area contributed by atoms with Gasteiger partial charge in [0.2, 0.25) is 9.84 Å². The van der Waals surface area contributed by atoms with Crippen LogP contribution in [0.15, 0.2) is 191 Å². The highest BCUT2D eigenvalue weighted by atomic mass is 32.2. The summed E-state index contributed by atoms with van der Waals surface area (Å²) in [5.74, 6) is 0. The summed E-state index contributed by atoms with van der Waals surface area (Å²) in [6.07, 6.45) is 0. The van der Waals surface area contributed by atoms with Crippen molar-refractivity contribution >= 4 is 71.6 Å². The molecular formula is C45H30N2O2S2. The van der Waals surface area contributed by atoms with Gasteiger partial charge in [0.15, 0.2) is 5.37 Å². The van der Waals surface area contributed by atoms with E-state index in [0.717, 1.165) is 65.2 Å². The lowest BCUT2D eigenvalue weighted by Crippen LogP contribution is -2.24. The average molecular weight is 695 g/mol. The minimum Gasteiger partial charge on any atom is -0.318 e. The maximum absolute atomic E-state index is 14.7. The standard InChI is InChI=1S/C45H30N2O2S2/c48-51(49)44-21-11-9-19-40(44)47(41-28-32-14-4-5-15-35(32)36-16-6-7-17-37(36)41)45(51)33-24-27-39-43(29-33)50-42-20-10-8-18-38(42)46(39)34-25-22-31(23-26-34)30-12-2-1-3-13-30/h1-29,45H. The smallest absolute Gasteiger partial charge is 0.206 e. The molecule has 0 spiro atoms. The zero-order valence-corrected chi connectivity index (χ0v) is 29.0. The number of sulfone groups is 1. The van der Waals surface area contributed by atoms with Crippen molar-refractivity contribution < 1.29 is 8.42 Å². The van der Waals surface area contributed by atoms with Crippen LogP contribution in [-0.2, 0) is 9.84 Å². The van der Waals surface area contributed by atoms with Crippen LogP contribution in [0.4, 0.5) is 28.4 Å². The van der Waals surface area contributed by atoms with Gasteiger partial charge in [0.05, 0.1) is 27.6 Å². The van der Waals surface area contributed by atoms with Crippen molar-refractivity contribution in [1.29, 1.82) is 0 Å². The van der Waals surface area contributed by atoms with Gasteiger partial charge in [0, 0.05) is 20.9 Å². The van der Waals surface area contributed by atoms with Crippen molar-refractivity contribution in [2.75, 3.05) is 9.80 Å². The third kappa shape index (κ3) is 4.71. The summed E-state index contributed by atoms with van der Waals surface area (Å²) in [5.41, 5.74) is 7.78. The fourth-order valence-corrected chi connectivity index (χ4v) is 10.8.